The lowest BCUT2D eigenvalue weighted by Crippen LogP contribution is -2.36. The molecule has 1 aromatic rings. The molecule has 0 unspecified atom stereocenters. The van der Waals surface area contributed by atoms with Gasteiger partial charge in [0.05, 0.1) is 0 Å². The Morgan fingerprint density at radius 2 is 1.84 bits per heavy atom. The molecule has 0 heterocycles. The van der Waals surface area contributed by atoms with Gasteiger partial charge in [-0.15, -0.1) is 0 Å². The van der Waals surface area contributed by atoms with E-state index in [-0.39, 0.29) is 0 Å². The average molecular weight is 276 g/mol. The zero-order valence-corrected chi connectivity index (χ0v) is 12.6. The molecule has 3 heteroatoms. The second kappa shape index (κ2) is 7.01. The van der Waals surface area contributed by atoms with E-state index >= 15 is 0 Å². The highest BCUT2D eigenvalue weighted by Crippen LogP contribution is 2.23. The van der Waals surface area contributed by atoms with Gasteiger partial charge in [0.1, 0.15) is 4.99 Å². The molecule has 2 N–H and O–H groups in total. The first-order valence-corrected chi connectivity index (χ1v) is 7.74. The summed E-state index contributed by atoms with van der Waals surface area (Å²) in [6.45, 7) is 4.43. The Labute approximate surface area is 122 Å². The van der Waals surface area contributed by atoms with Gasteiger partial charge in [-0.25, -0.2) is 0 Å². The van der Waals surface area contributed by atoms with E-state index in [1.54, 1.807) is 0 Å². The summed E-state index contributed by atoms with van der Waals surface area (Å²) in [6, 6.07) is 9.15. The first-order valence-electron chi connectivity index (χ1n) is 7.33. The molecule has 0 atom stereocenters. The van der Waals surface area contributed by atoms with Crippen LogP contribution in [0, 0.1) is 0 Å². The van der Waals surface area contributed by atoms with Crippen molar-refractivity contribution in [2.24, 2.45) is 5.73 Å². The molecule has 0 spiro atoms. The van der Waals surface area contributed by atoms with Gasteiger partial charge in [0, 0.05) is 18.2 Å². The summed E-state index contributed by atoms with van der Waals surface area (Å²) in [4.78, 5) is 3.08. The minimum absolute atomic E-state index is 0.478. The minimum Gasteiger partial charge on any atom is -0.389 e. The number of rotatable bonds is 5. The zero-order chi connectivity index (χ0) is 13.7. The van der Waals surface area contributed by atoms with Crippen LogP contribution in [-0.4, -0.2) is 22.5 Å². The van der Waals surface area contributed by atoms with Crippen LogP contribution in [-0.2, 0) is 6.54 Å². The highest BCUT2D eigenvalue weighted by atomic mass is 32.1. The summed E-state index contributed by atoms with van der Waals surface area (Å²) in [5, 5.41) is 0. The number of benzene rings is 1. The van der Waals surface area contributed by atoms with Crippen LogP contribution in [0.1, 0.15) is 50.2 Å². The fraction of sp³-hybridized carbons (Fsp3) is 0.562. The van der Waals surface area contributed by atoms with Crippen LogP contribution in [0.3, 0.4) is 0 Å². The van der Waals surface area contributed by atoms with E-state index in [0.29, 0.717) is 4.99 Å². The molecule has 0 bridgehead atoms. The molecule has 0 amide bonds. The highest BCUT2D eigenvalue weighted by molar-refractivity contribution is 7.80. The van der Waals surface area contributed by atoms with Crippen LogP contribution in [0.4, 0.5) is 0 Å². The van der Waals surface area contributed by atoms with E-state index in [2.05, 4.69) is 24.0 Å². The first kappa shape index (κ1) is 14.5. The molecule has 0 radical (unpaired) electrons. The van der Waals surface area contributed by atoms with Crippen molar-refractivity contribution in [2.75, 3.05) is 6.54 Å². The fourth-order valence-electron chi connectivity index (χ4n) is 2.95. The van der Waals surface area contributed by atoms with E-state index in [9.17, 15) is 0 Å². The maximum Gasteiger partial charge on any atom is 0.103 e. The van der Waals surface area contributed by atoms with Crippen LogP contribution in [0.2, 0.25) is 0 Å². The van der Waals surface area contributed by atoms with Crippen molar-refractivity contribution in [3.8, 4) is 0 Å². The minimum atomic E-state index is 0.478. The van der Waals surface area contributed by atoms with Gasteiger partial charge in [-0.05, 0) is 24.9 Å². The molecule has 1 aliphatic carbocycles. The molecule has 1 aromatic carbocycles. The molecular weight excluding hydrogens is 252 g/mol. The molecule has 0 aliphatic heterocycles. The maximum atomic E-state index is 5.63. The van der Waals surface area contributed by atoms with Gasteiger partial charge in [-0.3, -0.25) is 4.90 Å². The molecule has 0 saturated heterocycles. The number of nitrogens with zero attached hydrogens (tertiary/aromatic N) is 1. The molecule has 104 valence electrons. The van der Waals surface area contributed by atoms with Gasteiger partial charge in [0.15, 0.2) is 0 Å². The summed E-state index contributed by atoms with van der Waals surface area (Å²) in [5.74, 6) is 0. The Hall–Kier alpha value is -0.930. The van der Waals surface area contributed by atoms with Crippen molar-refractivity contribution in [2.45, 2.75) is 51.6 Å². The first-order chi connectivity index (χ1) is 9.20. The van der Waals surface area contributed by atoms with E-state index in [1.807, 2.05) is 12.1 Å². The Morgan fingerprint density at radius 1 is 1.21 bits per heavy atom. The van der Waals surface area contributed by atoms with Crippen LogP contribution in [0.5, 0.6) is 0 Å². The molecular formula is C16H24N2S. The van der Waals surface area contributed by atoms with Crippen LogP contribution in [0.15, 0.2) is 24.3 Å². The van der Waals surface area contributed by atoms with Gasteiger partial charge in [-0.1, -0.05) is 62.7 Å². The van der Waals surface area contributed by atoms with Crippen LogP contribution < -0.4 is 5.73 Å². The fourth-order valence-corrected chi connectivity index (χ4v) is 3.09. The number of hydrogen-bond donors (Lipinski definition) is 1. The van der Waals surface area contributed by atoms with Crippen LogP contribution in [0.25, 0.3) is 0 Å². The lowest BCUT2D eigenvalue weighted by molar-refractivity contribution is 0.156. The normalized spacial score (nSPS) is 16.7. The highest BCUT2D eigenvalue weighted by Gasteiger charge is 2.19. The second-order valence-electron chi connectivity index (χ2n) is 5.42. The smallest absolute Gasteiger partial charge is 0.103 e. The Kier molecular flexibility index (Phi) is 5.34. The Balaban J connectivity index is 1.99. The lowest BCUT2D eigenvalue weighted by Gasteiger charge is -2.33. The van der Waals surface area contributed by atoms with Gasteiger partial charge >= 0.3 is 0 Å². The third-order valence-electron chi connectivity index (χ3n) is 4.12. The van der Waals surface area contributed by atoms with E-state index < -0.39 is 0 Å². The summed E-state index contributed by atoms with van der Waals surface area (Å²) < 4.78 is 0. The van der Waals surface area contributed by atoms with Gasteiger partial charge in [-0.2, -0.15) is 0 Å². The monoisotopic (exact) mass is 276 g/mol. The molecule has 0 aromatic heterocycles. The summed E-state index contributed by atoms with van der Waals surface area (Å²) in [7, 11) is 0. The van der Waals surface area contributed by atoms with Crippen molar-refractivity contribution in [3.05, 3.63) is 35.4 Å². The summed E-state index contributed by atoms with van der Waals surface area (Å²) >= 11 is 4.99. The standard InChI is InChI=1S/C16H24N2S/c1-2-18(15-6-4-3-5-7-15)12-13-8-10-14(11-9-13)16(17)19/h8-11,15H,2-7,12H2,1H3,(H2,17,19). The van der Waals surface area contributed by atoms with Crippen molar-refractivity contribution in [3.63, 3.8) is 0 Å². The number of hydrogen-bond acceptors (Lipinski definition) is 2. The van der Waals surface area contributed by atoms with E-state index in [0.717, 1.165) is 24.7 Å². The Morgan fingerprint density at radius 3 is 2.37 bits per heavy atom. The molecule has 1 saturated carbocycles. The van der Waals surface area contributed by atoms with E-state index in [4.69, 9.17) is 18.0 Å². The average Bonchev–Trinajstić information content (AvgIpc) is 2.46. The van der Waals surface area contributed by atoms with Crippen LogP contribution >= 0.6 is 12.2 Å². The predicted octanol–water partition coefficient (Wildman–Crippen LogP) is 3.48. The molecule has 19 heavy (non-hydrogen) atoms. The van der Waals surface area contributed by atoms with E-state index in [1.165, 1.54) is 37.7 Å². The SMILES string of the molecule is CCN(Cc1ccc(C(N)=S)cc1)C1CCCCC1. The van der Waals surface area contributed by atoms with Crippen molar-refractivity contribution < 1.29 is 0 Å². The van der Waals surface area contributed by atoms with Crippen molar-refractivity contribution in [1.29, 1.82) is 0 Å². The summed E-state index contributed by atoms with van der Waals surface area (Å²) in [5.41, 5.74) is 7.94. The van der Waals surface area contributed by atoms with Gasteiger partial charge in [0.25, 0.3) is 0 Å². The predicted molar refractivity (Wildman–Crippen MR) is 85.3 cm³/mol. The molecule has 1 aliphatic rings. The Bertz CT molecular complexity index is 407. The van der Waals surface area contributed by atoms with Gasteiger partial charge in [0.2, 0.25) is 0 Å². The van der Waals surface area contributed by atoms with Gasteiger partial charge < -0.3 is 5.73 Å². The molecule has 2 nitrogen and oxygen atoms in total. The third-order valence-corrected chi connectivity index (χ3v) is 4.36. The lowest BCUT2D eigenvalue weighted by atomic mass is 9.94. The molecule has 2 rings (SSSR count). The number of thiocarbonyl (C=S) groups is 1. The topological polar surface area (TPSA) is 29.3 Å². The van der Waals surface area contributed by atoms with Crippen molar-refractivity contribution >= 4 is 17.2 Å². The summed E-state index contributed by atoms with van der Waals surface area (Å²) in [6.07, 6.45) is 6.91. The third kappa shape index (κ3) is 4.02. The second-order valence-corrected chi connectivity index (χ2v) is 5.86. The maximum absolute atomic E-state index is 5.63. The number of nitrogens with two attached hydrogens (primary N) is 1. The largest absolute Gasteiger partial charge is 0.389 e. The quantitative estimate of drug-likeness (QED) is 0.835. The van der Waals surface area contributed by atoms with Crippen molar-refractivity contribution in [1.82, 2.24) is 4.90 Å². The molecule has 1 fully saturated rings. The zero-order valence-electron chi connectivity index (χ0n) is 11.8.